The summed E-state index contributed by atoms with van der Waals surface area (Å²) < 4.78 is 7.66. The van der Waals surface area contributed by atoms with Gasteiger partial charge in [0.1, 0.15) is 5.58 Å². The fourth-order valence-electron chi connectivity index (χ4n) is 6.14. The Balaban J connectivity index is 0.000000216. The van der Waals surface area contributed by atoms with Gasteiger partial charge >= 0.3 is 151 Å². The molecule has 259 valence electrons. The van der Waals surface area contributed by atoms with E-state index >= 15 is 0 Å². The minimum Gasteiger partial charge on any atom is 0 e. The zero-order chi connectivity index (χ0) is 34.8. The first-order chi connectivity index (χ1) is 22.6. The third-order valence-electron chi connectivity index (χ3n) is 9.27. The smallest absolute Gasteiger partial charge is 0 e. The van der Waals surface area contributed by atoms with Crippen LogP contribution in [0.25, 0.3) is 44.5 Å². The minimum atomic E-state index is -1.91. The third kappa shape index (κ3) is 9.20. The van der Waals surface area contributed by atoms with Crippen LogP contribution in [0.3, 0.4) is 0 Å². The molecule has 0 aliphatic heterocycles. The van der Waals surface area contributed by atoms with E-state index in [0.717, 1.165) is 50.9 Å². The van der Waals surface area contributed by atoms with Gasteiger partial charge in [-0.2, -0.15) is 0 Å². The van der Waals surface area contributed by atoms with E-state index in [1.165, 1.54) is 16.7 Å². The minimum absolute atomic E-state index is 0. The van der Waals surface area contributed by atoms with Crippen molar-refractivity contribution in [2.24, 2.45) is 11.8 Å². The van der Waals surface area contributed by atoms with E-state index in [1.807, 2.05) is 36.5 Å². The Morgan fingerprint density at radius 1 is 0.796 bits per heavy atom. The molecule has 3 aromatic heterocycles. The van der Waals surface area contributed by atoms with Crippen molar-refractivity contribution in [2.45, 2.75) is 90.4 Å². The molecule has 3 nitrogen and oxygen atoms in total. The first-order valence-corrected chi connectivity index (χ1v) is 24.8. The zero-order valence-electron chi connectivity index (χ0n) is 31.2. The molecule has 49 heavy (non-hydrogen) atoms. The van der Waals surface area contributed by atoms with Crippen molar-refractivity contribution in [1.29, 1.82) is 0 Å². The first-order valence-electron chi connectivity index (χ1n) is 17.4. The van der Waals surface area contributed by atoms with E-state index in [0.29, 0.717) is 17.8 Å². The van der Waals surface area contributed by atoms with Crippen LogP contribution in [0, 0.1) is 24.0 Å². The number of nitrogens with zero attached hydrogens (tertiary/aromatic N) is 2. The standard InChI is InChI=1S/C22H32GeN.C22H20NO.Ir/c1-16(2)12-18-14-21(24-15-20(18)23(6,7)8)17-10-9-11-19(13-17)22(3,4)5;1-14(2)15(3)16-11-12-23-20(13-16)19-9-6-8-18-17-7-4-5-10-21(17)24-22(18)19;/h9,11,13-16H,12H2,1-8H3;4-8,10-15H,1-3H3;/q2*-1;. The van der Waals surface area contributed by atoms with Crippen LogP contribution in [-0.4, -0.2) is 23.2 Å². The molecular weight excluding hydrogens is 837 g/mol. The number of aromatic nitrogens is 2. The number of benzene rings is 3. The summed E-state index contributed by atoms with van der Waals surface area (Å²) in [4.78, 5) is 9.40. The van der Waals surface area contributed by atoms with Gasteiger partial charge < -0.3 is 9.40 Å². The molecule has 1 atom stereocenters. The molecule has 6 rings (SSSR count). The fraction of sp³-hybridized carbons (Fsp3) is 0.364. The maximum atomic E-state index is 6.11. The Bertz CT molecular complexity index is 2010. The monoisotopic (exact) mass is 891 g/mol. The largest absolute Gasteiger partial charge is 0 e. The predicted octanol–water partition coefficient (Wildman–Crippen LogP) is 11.8. The molecule has 0 amide bonds. The summed E-state index contributed by atoms with van der Waals surface area (Å²) in [6, 6.07) is 31.9. The second kappa shape index (κ2) is 15.9. The van der Waals surface area contributed by atoms with Crippen molar-refractivity contribution >= 4 is 39.6 Å². The Hall–Kier alpha value is -3.05. The molecule has 0 fully saturated rings. The maximum absolute atomic E-state index is 6.11. The number of rotatable bonds is 7. The molecule has 0 aliphatic rings. The van der Waals surface area contributed by atoms with Crippen LogP contribution in [0.5, 0.6) is 0 Å². The second-order valence-corrected chi connectivity index (χ2v) is 26.6. The van der Waals surface area contributed by atoms with Gasteiger partial charge in [0.05, 0.1) is 5.58 Å². The van der Waals surface area contributed by atoms with Gasteiger partial charge in [0, 0.05) is 31.7 Å². The van der Waals surface area contributed by atoms with E-state index in [2.05, 4.69) is 138 Å². The van der Waals surface area contributed by atoms with Crippen molar-refractivity contribution in [3.8, 4) is 22.5 Å². The Morgan fingerprint density at radius 3 is 2.18 bits per heavy atom. The molecule has 3 aromatic carbocycles. The average molecular weight is 890 g/mol. The summed E-state index contributed by atoms with van der Waals surface area (Å²) in [5.41, 5.74) is 10.1. The molecule has 0 spiro atoms. The molecule has 0 bridgehead atoms. The Labute approximate surface area is 311 Å². The van der Waals surface area contributed by atoms with Crippen molar-refractivity contribution in [1.82, 2.24) is 9.97 Å². The van der Waals surface area contributed by atoms with Gasteiger partial charge in [-0.15, -0.1) is 18.2 Å². The molecule has 0 N–H and O–H groups in total. The van der Waals surface area contributed by atoms with Crippen LogP contribution in [0.4, 0.5) is 0 Å². The first kappa shape index (κ1) is 38.7. The molecule has 0 saturated heterocycles. The quantitative estimate of drug-likeness (QED) is 0.118. The van der Waals surface area contributed by atoms with Gasteiger partial charge in [-0.1, -0.05) is 61.5 Å². The summed E-state index contributed by atoms with van der Waals surface area (Å²) in [7, 11) is 0. The van der Waals surface area contributed by atoms with Crippen molar-refractivity contribution in [3.05, 3.63) is 114 Å². The number of hydrogen-bond acceptors (Lipinski definition) is 3. The number of para-hydroxylation sites is 1. The molecule has 1 unspecified atom stereocenters. The molecule has 6 aromatic rings. The van der Waals surface area contributed by atoms with Gasteiger partial charge in [0.25, 0.3) is 0 Å². The topological polar surface area (TPSA) is 38.9 Å². The molecule has 0 aliphatic carbocycles. The summed E-state index contributed by atoms with van der Waals surface area (Å²) in [6.45, 7) is 18.1. The number of furan rings is 1. The molecule has 5 heteroatoms. The fourth-order valence-corrected chi connectivity index (χ4v) is 9.48. The van der Waals surface area contributed by atoms with Crippen LogP contribution < -0.4 is 4.40 Å². The van der Waals surface area contributed by atoms with Crippen LogP contribution >= 0.6 is 0 Å². The van der Waals surface area contributed by atoms with Gasteiger partial charge in [-0.3, -0.25) is 0 Å². The average Bonchev–Trinajstić information content (AvgIpc) is 3.42. The molecule has 0 saturated carbocycles. The zero-order valence-corrected chi connectivity index (χ0v) is 35.7. The number of pyridine rings is 2. The van der Waals surface area contributed by atoms with Gasteiger partial charge in [0.2, 0.25) is 0 Å². The van der Waals surface area contributed by atoms with Crippen molar-refractivity contribution in [3.63, 3.8) is 0 Å². The van der Waals surface area contributed by atoms with Gasteiger partial charge in [-0.05, 0) is 29.7 Å². The number of hydrogen-bond donors (Lipinski definition) is 0. The van der Waals surface area contributed by atoms with E-state index < -0.39 is 13.3 Å². The third-order valence-corrected chi connectivity index (χ3v) is 13.6. The van der Waals surface area contributed by atoms with Crippen LogP contribution in [0.15, 0.2) is 89.6 Å². The van der Waals surface area contributed by atoms with Crippen LogP contribution in [-0.2, 0) is 31.9 Å². The number of fused-ring (bicyclic) bond motifs is 3. The second-order valence-electron chi connectivity index (χ2n) is 16.0. The Kier molecular flexibility index (Phi) is 12.6. The van der Waals surface area contributed by atoms with Gasteiger partial charge in [0.15, 0.2) is 0 Å². The van der Waals surface area contributed by atoms with Crippen LogP contribution in [0.2, 0.25) is 17.3 Å². The van der Waals surface area contributed by atoms with Gasteiger partial charge in [-0.25, -0.2) is 0 Å². The van der Waals surface area contributed by atoms with Crippen LogP contribution in [0.1, 0.15) is 78.0 Å². The van der Waals surface area contributed by atoms with Crippen molar-refractivity contribution < 1.29 is 24.5 Å². The normalized spacial score (nSPS) is 12.6. The van der Waals surface area contributed by atoms with E-state index in [4.69, 9.17) is 9.40 Å². The summed E-state index contributed by atoms with van der Waals surface area (Å²) in [5, 5.41) is 2.25. The molecular formula is C44H52GeIrN2O-2. The Morgan fingerprint density at radius 2 is 1.51 bits per heavy atom. The molecule has 3 heterocycles. The van der Waals surface area contributed by atoms with E-state index in [1.54, 1.807) is 4.40 Å². The maximum Gasteiger partial charge on any atom is 0 e. The predicted molar refractivity (Wildman–Crippen MR) is 208 cm³/mol. The SMILES string of the molecule is CC(C)C(C)c1ccnc(-c2[c-]ccc3c2oc2ccccc23)c1.CC(C)Cc1cc(-c2[c-]ccc(C(C)(C)C)c2)nc[c]1[Ge]([CH3])([CH3])[CH3].[Ir]. The van der Waals surface area contributed by atoms with E-state index in [9.17, 15) is 0 Å². The summed E-state index contributed by atoms with van der Waals surface area (Å²) in [6.07, 6.45) is 5.18. The summed E-state index contributed by atoms with van der Waals surface area (Å²) in [5.74, 6) is 9.09. The van der Waals surface area contributed by atoms with Crippen molar-refractivity contribution in [2.75, 3.05) is 0 Å². The molecule has 1 radical (unpaired) electrons. The van der Waals surface area contributed by atoms with E-state index in [-0.39, 0.29) is 25.5 Å². The summed E-state index contributed by atoms with van der Waals surface area (Å²) >= 11 is -1.91.